The molecule has 0 aliphatic carbocycles. The van der Waals surface area contributed by atoms with Crippen LogP contribution in [0.2, 0.25) is 0 Å². The molecule has 19 heavy (non-hydrogen) atoms. The Labute approximate surface area is 118 Å². The van der Waals surface area contributed by atoms with E-state index in [-0.39, 0.29) is 5.54 Å². The highest BCUT2D eigenvalue weighted by atomic mass is 32.2. The van der Waals surface area contributed by atoms with Crippen LogP contribution in [0.25, 0.3) is 0 Å². The Morgan fingerprint density at radius 3 is 3.00 bits per heavy atom. The molecule has 0 amide bonds. The third kappa shape index (κ3) is 3.09. The van der Waals surface area contributed by atoms with Crippen molar-refractivity contribution < 1.29 is 4.74 Å². The Hall–Kier alpha value is -1.07. The summed E-state index contributed by atoms with van der Waals surface area (Å²) in [6.45, 7) is 4.43. The first kappa shape index (κ1) is 12.9. The lowest BCUT2D eigenvalue weighted by Crippen LogP contribution is -2.48. The molecule has 1 aromatic rings. The predicted octanol–water partition coefficient (Wildman–Crippen LogP) is 2.13. The molecule has 0 saturated carbocycles. The van der Waals surface area contributed by atoms with Crippen molar-refractivity contribution in [2.45, 2.75) is 31.8 Å². The number of hydrogen-bond donors (Lipinski definition) is 1. The van der Waals surface area contributed by atoms with Gasteiger partial charge in [0.25, 0.3) is 0 Å². The minimum Gasteiger partial charge on any atom is -0.381 e. The van der Waals surface area contributed by atoms with Crippen molar-refractivity contribution in [3.63, 3.8) is 0 Å². The quantitative estimate of drug-likeness (QED) is 0.899. The van der Waals surface area contributed by atoms with Gasteiger partial charge in [-0.3, -0.25) is 9.98 Å². The SMILES string of the molecule is Cc1ccc(CN=C2NC3(CCOCC3)CS2)cn1. The maximum absolute atomic E-state index is 5.43. The number of aliphatic imine (C=N–C) groups is 1. The third-order valence-electron chi connectivity index (χ3n) is 3.69. The van der Waals surface area contributed by atoms with Gasteiger partial charge in [-0.25, -0.2) is 0 Å². The van der Waals surface area contributed by atoms with Crippen LogP contribution in [0, 0.1) is 6.92 Å². The topological polar surface area (TPSA) is 46.5 Å². The number of hydrogen-bond acceptors (Lipinski definition) is 4. The Kier molecular flexibility index (Phi) is 3.75. The second-order valence-corrected chi connectivity index (χ2v) is 6.20. The van der Waals surface area contributed by atoms with Gasteiger partial charge in [0.15, 0.2) is 5.17 Å². The monoisotopic (exact) mass is 277 g/mol. The summed E-state index contributed by atoms with van der Waals surface area (Å²) in [6.07, 6.45) is 4.08. The summed E-state index contributed by atoms with van der Waals surface area (Å²) < 4.78 is 5.43. The predicted molar refractivity (Wildman–Crippen MR) is 78.5 cm³/mol. The number of nitrogens with one attached hydrogen (secondary N) is 1. The Balaban J connectivity index is 1.61. The van der Waals surface area contributed by atoms with E-state index in [1.165, 1.54) is 0 Å². The number of nitrogens with zero attached hydrogens (tertiary/aromatic N) is 2. The van der Waals surface area contributed by atoms with Crippen molar-refractivity contribution in [2.24, 2.45) is 4.99 Å². The van der Waals surface area contributed by atoms with Gasteiger partial charge in [-0.05, 0) is 31.4 Å². The summed E-state index contributed by atoms with van der Waals surface area (Å²) >= 11 is 1.83. The minimum absolute atomic E-state index is 0.229. The van der Waals surface area contributed by atoms with E-state index in [1.807, 2.05) is 30.9 Å². The smallest absolute Gasteiger partial charge is 0.157 e. The van der Waals surface area contributed by atoms with E-state index >= 15 is 0 Å². The Morgan fingerprint density at radius 2 is 2.26 bits per heavy atom. The molecule has 1 aromatic heterocycles. The van der Waals surface area contributed by atoms with Crippen LogP contribution in [0.15, 0.2) is 23.3 Å². The molecular weight excluding hydrogens is 258 g/mol. The average Bonchev–Trinajstić information content (AvgIpc) is 2.82. The molecule has 0 bridgehead atoms. The molecule has 0 radical (unpaired) electrons. The summed E-state index contributed by atoms with van der Waals surface area (Å²) in [5.74, 6) is 1.11. The fourth-order valence-corrected chi connectivity index (χ4v) is 3.60. The molecule has 2 saturated heterocycles. The van der Waals surface area contributed by atoms with E-state index in [9.17, 15) is 0 Å². The van der Waals surface area contributed by atoms with Crippen LogP contribution in [0.1, 0.15) is 24.1 Å². The zero-order valence-corrected chi connectivity index (χ0v) is 12.0. The van der Waals surface area contributed by atoms with Crippen molar-refractivity contribution in [3.8, 4) is 0 Å². The molecule has 0 unspecified atom stereocenters. The van der Waals surface area contributed by atoms with Crippen molar-refractivity contribution in [1.82, 2.24) is 10.3 Å². The second kappa shape index (κ2) is 5.51. The first-order valence-electron chi connectivity index (χ1n) is 6.71. The van der Waals surface area contributed by atoms with E-state index in [4.69, 9.17) is 4.74 Å². The number of pyridine rings is 1. The van der Waals surface area contributed by atoms with Gasteiger partial charge < -0.3 is 10.1 Å². The fraction of sp³-hybridized carbons (Fsp3) is 0.571. The molecule has 3 heterocycles. The zero-order valence-electron chi connectivity index (χ0n) is 11.2. The molecule has 0 atom stereocenters. The minimum atomic E-state index is 0.229. The number of aryl methyl sites for hydroxylation is 1. The standard InChI is InChI=1S/C14H19N3OS/c1-11-2-3-12(8-15-11)9-16-13-17-14(10-19-13)4-6-18-7-5-14/h2-3,8H,4-7,9-10H2,1H3,(H,16,17). The molecule has 3 rings (SSSR count). The molecule has 2 fully saturated rings. The van der Waals surface area contributed by atoms with E-state index < -0.39 is 0 Å². The van der Waals surface area contributed by atoms with E-state index in [0.717, 1.165) is 48.2 Å². The van der Waals surface area contributed by atoms with Crippen LogP contribution < -0.4 is 5.32 Å². The van der Waals surface area contributed by atoms with Crippen LogP contribution >= 0.6 is 11.8 Å². The molecule has 4 nitrogen and oxygen atoms in total. The van der Waals surface area contributed by atoms with Crippen LogP contribution in [0.3, 0.4) is 0 Å². The Morgan fingerprint density at radius 1 is 1.42 bits per heavy atom. The first-order valence-corrected chi connectivity index (χ1v) is 7.69. The number of amidine groups is 1. The van der Waals surface area contributed by atoms with E-state index in [0.29, 0.717) is 6.54 Å². The highest BCUT2D eigenvalue weighted by molar-refractivity contribution is 8.14. The van der Waals surface area contributed by atoms with Gasteiger partial charge in [0.05, 0.1) is 12.1 Å². The fourth-order valence-electron chi connectivity index (χ4n) is 2.38. The van der Waals surface area contributed by atoms with Crippen LogP contribution in [-0.2, 0) is 11.3 Å². The van der Waals surface area contributed by atoms with Crippen molar-refractivity contribution in [1.29, 1.82) is 0 Å². The van der Waals surface area contributed by atoms with Crippen LogP contribution in [0.4, 0.5) is 0 Å². The first-order chi connectivity index (χ1) is 9.26. The maximum Gasteiger partial charge on any atom is 0.157 e. The number of rotatable bonds is 2. The second-order valence-electron chi connectivity index (χ2n) is 5.24. The van der Waals surface area contributed by atoms with Crippen LogP contribution in [0.5, 0.6) is 0 Å². The van der Waals surface area contributed by atoms with Gasteiger partial charge in [0, 0.05) is 30.9 Å². The highest BCUT2D eigenvalue weighted by Crippen LogP contribution is 2.31. The van der Waals surface area contributed by atoms with Crippen LogP contribution in [-0.4, -0.2) is 34.7 Å². The zero-order chi connectivity index (χ0) is 13.1. The van der Waals surface area contributed by atoms with Crippen molar-refractivity contribution >= 4 is 16.9 Å². The molecule has 0 aromatic carbocycles. The van der Waals surface area contributed by atoms with Gasteiger partial charge in [0.1, 0.15) is 0 Å². The number of ether oxygens (including phenoxy) is 1. The summed E-state index contributed by atoms with van der Waals surface area (Å²) in [5.41, 5.74) is 2.44. The maximum atomic E-state index is 5.43. The molecule has 2 aliphatic rings. The summed E-state index contributed by atoms with van der Waals surface area (Å²) in [5, 5.41) is 4.67. The lowest BCUT2D eigenvalue weighted by molar-refractivity contribution is 0.0555. The number of aromatic nitrogens is 1. The summed E-state index contributed by atoms with van der Waals surface area (Å²) in [4.78, 5) is 8.96. The molecule has 1 spiro atoms. The summed E-state index contributed by atoms with van der Waals surface area (Å²) in [7, 11) is 0. The molecule has 102 valence electrons. The molecule has 1 N–H and O–H groups in total. The normalized spacial score (nSPS) is 23.7. The molecule has 2 aliphatic heterocycles. The Bertz CT molecular complexity index is 466. The van der Waals surface area contributed by atoms with Gasteiger partial charge >= 0.3 is 0 Å². The van der Waals surface area contributed by atoms with Gasteiger partial charge in [-0.1, -0.05) is 17.8 Å². The average molecular weight is 277 g/mol. The van der Waals surface area contributed by atoms with Gasteiger partial charge in [0.2, 0.25) is 0 Å². The summed E-state index contributed by atoms with van der Waals surface area (Å²) in [6, 6.07) is 4.13. The lowest BCUT2D eigenvalue weighted by Gasteiger charge is -2.32. The third-order valence-corrected chi connectivity index (χ3v) is 4.89. The van der Waals surface area contributed by atoms with Gasteiger partial charge in [-0.15, -0.1) is 0 Å². The van der Waals surface area contributed by atoms with E-state index in [1.54, 1.807) is 0 Å². The molecule has 5 heteroatoms. The highest BCUT2D eigenvalue weighted by Gasteiger charge is 2.38. The molecular formula is C14H19N3OS. The van der Waals surface area contributed by atoms with Gasteiger partial charge in [-0.2, -0.15) is 0 Å². The lowest BCUT2D eigenvalue weighted by atomic mass is 9.93. The van der Waals surface area contributed by atoms with E-state index in [2.05, 4.69) is 21.4 Å². The van der Waals surface area contributed by atoms with Crippen molar-refractivity contribution in [2.75, 3.05) is 19.0 Å². The largest absolute Gasteiger partial charge is 0.381 e. The number of thioether (sulfide) groups is 1. The van der Waals surface area contributed by atoms with Crippen molar-refractivity contribution in [3.05, 3.63) is 29.6 Å².